The second-order valence-electron chi connectivity index (χ2n) is 4.57. The van der Waals surface area contributed by atoms with Gasteiger partial charge >= 0.3 is 5.97 Å². The Morgan fingerprint density at radius 3 is 2.56 bits per heavy atom. The van der Waals surface area contributed by atoms with E-state index in [4.69, 9.17) is 5.11 Å². The van der Waals surface area contributed by atoms with E-state index in [1.54, 1.807) is 0 Å². The smallest absolute Gasteiger partial charge is 0.306 e. The topological polar surface area (TPSA) is 87.1 Å². The molecule has 1 aromatic heterocycles. The normalized spacial score (nSPS) is 23.4. The van der Waals surface area contributed by atoms with E-state index in [-0.39, 0.29) is 5.92 Å². The van der Waals surface area contributed by atoms with Gasteiger partial charge in [0.25, 0.3) is 0 Å². The van der Waals surface area contributed by atoms with Gasteiger partial charge in [-0.1, -0.05) is 0 Å². The molecule has 0 aromatic carbocycles. The molecule has 1 aliphatic carbocycles. The van der Waals surface area contributed by atoms with Crippen LogP contribution in [0.5, 0.6) is 0 Å². The summed E-state index contributed by atoms with van der Waals surface area (Å²) < 4.78 is 0. The maximum atomic E-state index is 10.9. The van der Waals surface area contributed by atoms with E-state index in [1.165, 1.54) is 6.33 Å². The van der Waals surface area contributed by atoms with E-state index in [1.807, 2.05) is 13.1 Å². The zero-order valence-corrected chi connectivity index (χ0v) is 10.4. The summed E-state index contributed by atoms with van der Waals surface area (Å²) in [6.07, 6.45) is 4.72. The number of rotatable bonds is 4. The maximum Gasteiger partial charge on any atom is 0.306 e. The molecule has 0 amide bonds. The van der Waals surface area contributed by atoms with Crippen LogP contribution in [0, 0.1) is 5.92 Å². The van der Waals surface area contributed by atoms with Crippen molar-refractivity contribution >= 4 is 17.6 Å². The largest absolute Gasteiger partial charge is 0.481 e. The molecule has 0 saturated heterocycles. The van der Waals surface area contributed by atoms with E-state index < -0.39 is 5.97 Å². The number of aromatic nitrogens is 2. The molecule has 1 saturated carbocycles. The van der Waals surface area contributed by atoms with Crippen LogP contribution < -0.4 is 10.6 Å². The lowest BCUT2D eigenvalue weighted by Gasteiger charge is -2.27. The lowest BCUT2D eigenvalue weighted by atomic mass is 9.86. The van der Waals surface area contributed by atoms with Crippen LogP contribution in [0.2, 0.25) is 0 Å². The van der Waals surface area contributed by atoms with Gasteiger partial charge in [-0.15, -0.1) is 0 Å². The fourth-order valence-corrected chi connectivity index (χ4v) is 2.27. The van der Waals surface area contributed by atoms with Crippen molar-refractivity contribution in [3.05, 3.63) is 12.4 Å². The Bertz CT molecular complexity index is 416. The van der Waals surface area contributed by atoms with Gasteiger partial charge in [-0.05, 0) is 25.7 Å². The van der Waals surface area contributed by atoms with Crippen LogP contribution in [0.25, 0.3) is 0 Å². The predicted molar refractivity (Wildman–Crippen MR) is 68.6 cm³/mol. The first-order chi connectivity index (χ1) is 8.69. The number of carbonyl (C=O) groups is 1. The fourth-order valence-electron chi connectivity index (χ4n) is 2.27. The Hall–Kier alpha value is -1.85. The number of anilines is 2. The molecule has 1 heterocycles. The highest BCUT2D eigenvalue weighted by atomic mass is 16.4. The molecular formula is C12H18N4O2. The number of nitrogens with one attached hydrogen (secondary N) is 2. The molecule has 18 heavy (non-hydrogen) atoms. The van der Waals surface area contributed by atoms with Crippen molar-refractivity contribution in [2.45, 2.75) is 31.7 Å². The highest BCUT2D eigenvalue weighted by molar-refractivity contribution is 5.70. The molecule has 6 heteroatoms. The zero-order valence-electron chi connectivity index (χ0n) is 10.4. The third kappa shape index (κ3) is 3.09. The molecule has 0 aliphatic heterocycles. The monoisotopic (exact) mass is 250 g/mol. The van der Waals surface area contributed by atoms with Crippen molar-refractivity contribution in [3.63, 3.8) is 0 Å². The molecule has 0 atom stereocenters. The summed E-state index contributed by atoms with van der Waals surface area (Å²) in [6.45, 7) is 0. The van der Waals surface area contributed by atoms with Crippen LogP contribution in [0.3, 0.4) is 0 Å². The molecule has 1 aliphatic rings. The van der Waals surface area contributed by atoms with E-state index in [0.29, 0.717) is 6.04 Å². The van der Waals surface area contributed by atoms with Crippen molar-refractivity contribution in [2.75, 3.05) is 17.7 Å². The van der Waals surface area contributed by atoms with Gasteiger partial charge in [0, 0.05) is 19.2 Å². The van der Waals surface area contributed by atoms with Crippen molar-refractivity contribution < 1.29 is 9.90 Å². The molecule has 6 nitrogen and oxygen atoms in total. The minimum absolute atomic E-state index is 0.179. The minimum atomic E-state index is -0.673. The molecule has 98 valence electrons. The van der Waals surface area contributed by atoms with E-state index in [2.05, 4.69) is 20.6 Å². The Labute approximate surface area is 106 Å². The number of nitrogens with zero attached hydrogens (tertiary/aromatic N) is 2. The van der Waals surface area contributed by atoms with Gasteiger partial charge in [-0.25, -0.2) is 9.97 Å². The highest BCUT2D eigenvalue weighted by Crippen LogP contribution is 2.26. The maximum absolute atomic E-state index is 10.9. The summed E-state index contributed by atoms with van der Waals surface area (Å²) in [4.78, 5) is 19.1. The molecule has 0 unspecified atom stereocenters. The van der Waals surface area contributed by atoms with Gasteiger partial charge in [0.15, 0.2) is 0 Å². The van der Waals surface area contributed by atoms with Crippen molar-refractivity contribution in [1.82, 2.24) is 9.97 Å². The van der Waals surface area contributed by atoms with Crippen LogP contribution in [-0.2, 0) is 4.79 Å². The predicted octanol–water partition coefficient (Wildman–Crippen LogP) is 1.57. The second-order valence-corrected chi connectivity index (χ2v) is 4.57. The quantitative estimate of drug-likeness (QED) is 0.752. The lowest BCUT2D eigenvalue weighted by Crippen LogP contribution is -2.29. The van der Waals surface area contributed by atoms with E-state index in [0.717, 1.165) is 37.3 Å². The Morgan fingerprint density at radius 2 is 1.94 bits per heavy atom. The Kier molecular flexibility index (Phi) is 3.96. The minimum Gasteiger partial charge on any atom is -0.481 e. The third-order valence-corrected chi connectivity index (χ3v) is 3.35. The van der Waals surface area contributed by atoms with Crippen molar-refractivity contribution in [3.8, 4) is 0 Å². The van der Waals surface area contributed by atoms with Crippen LogP contribution >= 0.6 is 0 Å². The first-order valence-corrected chi connectivity index (χ1v) is 6.18. The molecule has 0 bridgehead atoms. The van der Waals surface area contributed by atoms with Gasteiger partial charge in [0.1, 0.15) is 18.0 Å². The van der Waals surface area contributed by atoms with Gasteiger partial charge < -0.3 is 15.7 Å². The molecule has 1 aromatic rings. The molecule has 0 spiro atoms. The zero-order chi connectivity index (χ0) is 13.0. The average molecular weight is 250 g/mol. The molecule has 2 rings (SSSR count). The van der Waals surface area contributed by atoms with Gasteiger partial charge in [0.2, 0.25) is 0 Å². The van der Waals surface area contributed by atoms with E-state index >= 15 is 0 Å². The third-order valence-electron chi connectivity index (χ3n) is 3.35. The standard InChI is InChI=1S/C12H18N4O2/c1-13-10-6-11(15-7-14-10)16-9-4-2-8(3-5-9)12(17)18/h6-9H,2-5H2,1H3,(H,17,18)(H2,13,14,15,16). The fraction of sp³-hybridized carbons (Fsp3) is 0.583. The summed E-state index contributed by atoms with van der Waals surface area (Å²) >= 11 is 0. The summed E-state index contributed by atoms with van der Waals surface area (Å²) in [7, 11) is 1.81. The SMILES string of the molecule is CNc1cc(NC2CCC(C(=O)O)CC2)ncn1. The average Bonchev–Trinajstić information content (AvgIpc) is 2.39. The highest BCUT2D eigenvalue weighted by Gasteiger charge is 2.25. The number of hydrogen-bond donors (Lipinski definition) is 3. The van der Waals surface area contributed by atoms with Crippen LogP contribution in [0.15, 0.2) is 12.4 Å². The number of carboxylic acids is 1. The number of aliphatic carboxylic acids is 1. The Morgan fingerprint density at radius 1 is 1.28 bits per heavy atom. The number of carboxylic acid groups (broad SMARTS) is 1. The van der Waals surface area contributed by atoms with E-state index in [9.17, 15) is 4.79 Å². The Balaban J connectivity index is 1.89. The van der Waals surface area contributed by atoms with Gasteiger partial charge in [-0.3, -0.25) is 4.79 Å². The number of hydrogen-bond acceptors (Lipinski definition) is 5. The van der Waals surface area contributed by atoms with Crippen molar-refractivity contribution in [2.24, 2.45) is 5.92 Å². The summed E-state index contributed by atoms with van der Waals surface area (Å²) in [6, 6.07) is 2.16. The van der Waals surface area contributed by atoms with Crippen LogP contribution in [0.4, 0.5) is 11.6 Å². The van der Waals surface area contributed by atoms with Gasteiger partial charge in [0.05, 0.1) is 5.92 Å². The van der Waals surface area contributed by atoms with Gasteiger partial charge in [-0.2, -0.15) is 0 Å². The summed E-state index contributed by atoms with van der Waals surface area (Å²) in [5.41, 5.74) is 0. The molecule has 3 N–H and O–H groups in total. The first-order valence-electron chi connectivity index (χ1n) is 6.18. The van der Waals surface area contributed by atoms with Crippen LogP contribution in [0.1, 0.15) is 25.7 Å². The molecular weight excluding hydrogens is 232 g/mol. The first kappa shape index (κ1) is 12.6. The molecule has 1 fully saturated rings. The summed E-state index contributed by atoms with van der Waals surface area (Å²) in [5.74, 6) is 0.703. The van der Waals surface area contributed by atoms with Crippen LogP contribution in [-0.4, -0.2) is 34.1 Å². The lowest BCUT2D eigenvalue weighted by molar-refractivity contribution is -0.142. The summed E-state index contributed by atoms with van der Waals surface area (Å²) in [5, 5.41) is 15.2. The second kappa shape index (κ2) is 5.66. The molecule has 0 radical (unpaired) electrons. The van der Waals surface area contributed by atoms with Crippen molar-refractivity contribution in [1.29, 1.82) is 0 Å².